The molecule has 0 aliphatic heterocycles. The van der Waals surface area contributed by atoms with Crippen molar-refractivity contribution in [1.82, 2.24) is 0 Å². The predicted octanol–water partition coefficient (Wildman–Crippen LogP) is 2.42. The average Bonchev–Trinajstić information content (AvgIpc) is 1.85. The van der Waals surface area contributed by atoms with Gasteiger partial charge in [0.2, 0.25) is 0 Å². The predicted molar refractivity (Wildman–Crippen MR) is 52.5 cm³/mol. The molecule has 0 aliphatic carbocycles. The monoisotopic (exact) mass is 170 g/mol. The van der Waals surface area contributed by atoms with Gasteiger partial charge in [-0.3, -0.25) is 0 Å². The molecule has 0 spiro atoms. The molecule has 0 aromatic heterocycles. The smallest absolute Gasteiger partial charge is 0.0487 e. The average molecular weight is 170 g/mol. The summed E-state index contributed by atoms with van der Waals surface area (Å²) in [4.78, 5) is 0. The minimum absolute atomic E-state index is 0.230. The third-order valence-corrected chi connectivity index (χ3v) is 2.65. The Morgan fingerprint density at radius 3 is 2.36 bits per heavy atom. The van der Waals surface area contributed by atoms with Crippen molar-refractivity contribution in [2.75, 3.05) is 6.61 Å². The van der Waals surface area contributed by atoms with Crippen molar-refractivity contribution in [3.8, 4) is 0 Å². The van der Waals surface area contributed by atoms with E-state index in [0.717, 1.165) is 6.42 Å². The lowest BCUT2D eigenvalue weighted by Crippen LogP contribution is -2.17. The van der Waals surface area contributed by atoms with E-state index in [-0.39, 0.29) is 6.61 Å². The molecule has 0 saturated heterocycles. The van der Waals surface area contributed by atoms with E-state index in [2.05, 4.69) is 31.4 Å². The highest BCUT2D eigenvalue weighted by Crippen LogP contribution is 2.07. The third-order valence-electron chi connectivity index (χ3n) is 1.22. The molecule has 0 saturated carbocycles. The molecule has 1 nitrogen and oxygen atoms in total. The van der Waals surface area contributed by atoms with Crippen LogP contribution in [0.1, 0.15) is 6.42 Å². The first-order valence-corrected chi connectivity index (χ1v) is 7.77. The lowest BCUT2D eigenvalue weighted by atomic mass is 10.4. The van der Waals surface area contributed by atoms with Crippen LogP contribution in [0.15, 0.2) is 17.9 Å². The number of aliphatic hydroxyl groups excluding tert-OH is 1. The van der Waals surface area contributed by atoms with Gasteiger partial charge in [0.05, 0.1) is 0 Å². The Bertz CT molecular complexity index is 149. The van der Waals surface area contributed by atoms with E-state index in [1.165, 1.54) is 6.04 Å². The van der Waals surface area contributed by atoms with Crippen molar-refractivity contribution >= 4 is 8.07 Å². The topological polar surface area (TPSA) is 20.2 Å². The van der Waals surface area contributed by atoms with Crippen molar-refractivity contribution in [1.29, 1.82) is 0 Å². The van der Waals surface area contributed by atoms with Crippen molar-refractivity contribution in [3.05, 3.63) is 17.9 Å². The summed E-state index contributed by atoms with van der Waals surface area (Å²) in [7, 11) is -0.918. The third kappa shape index (κ3) is 9.70. The number of rotatable bonds is 4. The van der Waals surface area contributed by atoms with E-state index in [4.69, 9.17) is 5.11 Å². The maximum absolute atomic E-state index is 8.45. The van der Waals surface area contributed by atoms with Gasteiger partial charge in [-0.15, -0.1) is 5.73 Å². The number of hydrogen-bond donors (Lipinski definition) is 1. The van der Waals surface area contributed by atoms with Crippen molar-refractivity contribution in [2.45, 2.75) is 32.1 Å². The van der Waals surface area contributed by atoms with Gasteiger partial charge in [0.1, 0.15) is 0 Å². The van der Waals surface area contributed by atoms with Crippen molar-refractivity contribution in [3.63, 3.8) is 0 Å². The highest BCUT2D eigenvalue weighted by molar-refractivity contribution is 6.76. The van der Waals surface area contributed by atoms with Gasteiger partial charge >= 0.3 is 0 Å². The van der Waals surface area contributed by atoms with E-state index >= 15 is 0 Å². The fraction of sp³-hybridized carbons (Fsp3) is 0.667. The SMILES string of the molecule is C[Si](C)(C)CC=C=CCCO. The van der Waals surface area contributed by atoms with Crippen LogP contribution in [0, 0.1) is 0 Å². The van der Waals surface area contributed by atoms with Crippen LogP contribution in [-0.2, 0) is 0 Å². The molecule has 0 unspecified atom stereocenters. The first-order valence-electron chi connectivity index (χ1n) is 4.06. The normalized spacial score (nSPS) is 10.5. The first-order chi connectivity index (χ1) is 5.06. The van der Waals surface area contributed by atoms with Gasteiger partial charge in [0, 0.05) is 14.7 Å². The van der Waals surface area contributed by atoms with Gasteiger partial charge < -0.3 is 5.11 Å². The molecule has 11 heavy (non-hydrogen) atoms. The maximum atomic E-state index is 8.45. The molecular weight excluding hydrogens is 152 g/mol. The van der Waals surface area contributed by atoms with Crippen LogP contribution in [0.25, 0.3) is 0 Å². The molecule has 0 bridgehead atoms. The molecule has 2 heteroatoms. The summed E-state index contributed by atoms with van der Waals surface area (Å²) in [5.41, 5.74) is 3.07. The van der Waals surface area contributed by atoms with Crippen LogP contribution in [0.3, 0.4) is 0 Å². The Hall–Kier alpha value is -0.303. The Balaban J connectivity index is 3.60. The standard InChI is InChI=1S/C9H18OSi/c1-11(2,3)9-7-5-4-6-8-10/h4,7,10H,6,8-9H2,1-3H3. The Labute approximate surface area is 70.5 Å². The molecule has 0 aromatic carbocycles. The molecule has 0 heterocycles. The molecule has 64 valence electrons. The molecule has 0 aromatic rings. The zero-order chi connectivity index (χ0) is 8.74. The Kier molecular flexibility index (Phi) is 5.21. The van der Waals surface area contributed by atoms with E-state index in [0.29, 0.717) is 0 Å². The van der Waals surface area contributed by atoms with Crippen molar-refractivity contribution < 1.29 is 5.11 Å². The zero-order valence-electron chi connectivity index (χ0n) is 7.72. The summed E-state index contributed by atoms with van der Waals surface area (Å²) in [6.07, 6.45) is 4.70. The highest BCUT2D eigenvalue weighted by atomic mass is 28.3. The lowest BCUT2D eigenvalue weighted by molar-refractivity contribution is 0.302. The zero-order valence-corrected chi connectivity index (χ0v) is 8.72. The molecule has 0 aliphatic rings. The van der Waals surface area contributed by atoms with E-state index in [9.17, 15) is 0 Å². The molecule has 0 atom stereocenters. The maximum Gasteiger partial charge on any atom is 0.0487 e. The van der Waals surface area contributed by atoms with Gasteiger partial charge in [0.15, 0.2) is 0 Å². The minimum Gasteiger partial charge on any atom is -0.396 e. The van der Waals surface area contributed by atoms with Gasteiger partial charge in [-0.25, -0.2) is 0 Å². The summed E-state index contributed by atoms with van der Waals surface area (Å²) in [6, 6.07) is 1.18. The quantitative estimate of drug-likeness (QED) is 0.507. The van der Waals surface area contributed by atoms with Gasteiger partial charge in [0.25, 0.3) is 0 Å². The Morgan fingerprint density at radius 2 is 1.91 bits per heavy atom. The van der Waals surface area contributed by atoms with E-state index in [1.807, 2.05) is 6.08 Å². The second-order valence-corrected chi connectivity index (χ2v) is 9.38. The second kappa shape index (κ2) is 5.36. The largest absolute Gasteiger partial charge is 0.396 e. The van der Waals surface area contributed by atoms with Gasteiger partial charge in [-0.1, -0.05) is 19.6 Å². The first kappa shape index (κ1) is 10.7. The summed E-state index contributed by atoms with van der Waals surface area (Å²) in [6.45, 7) is 7.22. The van der Waals surface area contributed by atoms with Gasteiger partial charge in [-0.05, 0) is 24.6 Å². The van der Waals surface area contributed by atoms with Crippen molar-refractivity contribution in [2.24, 2.45) is 0 Å². The molecule has 0 radical (unpaired) electrons. The minimum atomic E-state index is -0.918. The van der Waals surface area contributed by atoms with E-state index in [1.54, 1.807) is 0 Å². The molecule has 0 fully saturated rings. The van der Waals surface area contributed by atoms with Crippen LogP contribution >= 0.6 is 0 Å². The Morgan fingerprint density at radius 1 is 1.27 bits per heavy atom. The van der Waals surface area contributed by atoms with E-state index < -0.39 is 8.07 Å². The molecular formula is C9H18OSi. The summed E-state index contributed by atoms with van der Waals surface area (Å²) in [5, 5.41) is 8.45. The summed E-state index contributed by atoms with van der Waals surface area (Å²) >= 11 is 0. The molecule has 0 rings (SSSR count). The van der Waals surface area contributed by atoms with Crippen LogP contribution in [0.5, 0.6) is 0 Å². The van der Waals surface area contributed by atoms with Gasteiger partial charge in [-0.2, -0.15) is 0 Å². The van der Waals surface area contributed by atoms with Crippen LogP contribution in [0.4, 0.5) is 0 Å². The fourth-order valence-corrected chi connectivity index (χ4v) is 1.33. The molecule has 1 N–H and O–H groups in total. The highest BCUT2D eigenvalue weighted by Gasteiger charge is 2.08. The second-order valence-electron chi connectivity index (χ2n) is 3.85. The summed E-state index contributed by atoms with van der Waals surface area (Å²) in [5.74, 6) is 0. The molecule has 0 amide bonds. The van der Waals surface area contributed by atoms with Crippen LogP contribution in [-0.4, -0.2) is 19.8 Å². The van der Waals surface area contributed by atoms with Crippen LogP contribution < -0.4 is 0 Å². The number of hydrogen-bond acceptors (Lipinski definition) is 1. The number of aliphatic hydroxyl groups is 1. The van der Waals surface area contributed by atoms with Crippen LogP contribution in [0.2, 0.25) is 25.7 Å². The summed E-state index contributed by atoms with van der Waals surface area (Å²) < 4.78 is 0. The fourth-order valence-electron chi connectivity index (χ4n) is 0.596. The lowest BCUT2D eigenvalue weighted by Gasteiger charge is -2.10.